The summed E-state index contributed by atoms with van der Waals surface area (Å²) in [4.78, 5) is 130. The minimum Gasteiger partial charge on any atom is -0.387 e. The van der Waals surface area contributed by atoms with Gasteiger partial charge in [-0.05, 0) is 77.0 Å². The number of hydrogen-bond acceptors (Lipinski definition) is 30. The van der Waals surface area contributed by atoms with Crippen LogP contribution in [0.1, 0.15) is 167 Å². The number of hydrogen-bond donors (Lipinski definition) is 16. The third kappa shape index (κ3) is 40.8. The molecule has 101 heavy (non-hydrogen) atoms. The van der Waals surface area contributed by atoms with Crippen LogP contribution < -0.4 is 5.32 Å². The Bertz CT molecular complexity index is 2280. The van der Waals surface area contributed by atoms with E-state index >= 15 is 0 Å². The van der Waals surface area contributed by atoms with E-state index in [1.165, 1.54) is 0 Å². The van der Waals surface area contributed by atoms with E-state index in [0.29, 0.717) is 109 Å². The van der Waals surface area contributed by atoms with Gasteiger partial charge in [0.05, 0.1) is 59.5 Å². The van der Waals surface area contributed by atoms with Gasteiger partial charge >= 0.3 is 23.5 Å². The number of carbonyl (C=O) groups excluding carboxylic acids is 6. The first kappa shape index (κ1) is 92.6. The highest BCUT2D eigenvalue weighted by Crippen LogP contribution is 2.39. The molecule has 0 bridgehead atoms. The highest BCUT2D eigenvalue weighted by Gasteiger charge is 2.48. The Morgan fingerprint density at radius 2 is 0.594 bits per heavy atom. The quantitative estimate of drug-likeness (QED) is 0.0271. The second-order valence-corrected chi connectivity index (χ2v) is 29.4. The van der Waals surface area contributed by atoms with Crippen LogP contribution in [0.25, 0.3) is 0 Å². The number of ether oxygens (including phenoxy) is 9. The molecule has 0 aromatic carbocycles. The molecule has 15 unspecified atom stereocenters. The van der Waals surface area contributed by atoms with E-state index in [2.05, 4.69) is 18.9 Å². The zero-order valence-electron chi connectivity index (χ0n) is 57.2. The first-order valence-electron chi connectivity index (χ1n) is 34.2. The van der Waals surface area contributed by atoms with Gasteiger partial charge in [-0.2, -0.15) is 0 Å². The van der Waals surface area contributed by atoms with Gasteiger partial charge < -0.3 is 123 Å². The molecule has 40 heteroatoms. The number of amides is 1. The summed E-state index contributed by atoms with van der Waals surface area (Å²) in [6.07, 6.45) is -14.5. The molecular formula is C61H110NO36P3. The van der Waals surface area contributed by atoms with Gasteiger partial charge in [0.25, 0.3) is 0 Å². The molecule has 0 spiro atoms. The standard InChI is InChI=1S/C61H110NO36P3/c1-61(37-87-31-24-42(65)18-6-2-4-16-40(63)21-9-13-28-90-58-55(75)52(72)49(69)45(96-58)34-93-99(78,79)80,38-88-32-25-43(66)19-7-3-5-17-41(64)22-10-14-29-91-59-56(76)53(73)50(70)46(97-59)35-94-100(81,82)83)39-89-33-26-44(67)20-8-12-27-62-48(68)23-11-15-30-92-60-57(77)54(74)51(71)47(98-60)36-95-101(84,85)86/h45-47,49-60,69-77H,2-39H2,1H3,(H,62,68)(H2,78,79,80)(H2,81,82,83)(H2,84,85,86). The number of aliphatic hydroxyl groups is 9. The summed E-state index contributed by atoms with van der Waals surface area (Å²) in [5.74, 6) is -0.368. The molecule has 3 aliphatic rings. The molecule has 3 aliphatic heterocycles. The first-order valence-corrected chi connectivity index (χ1v) is 38.8. The lowest BCUT2D eigenvalue weighted by atomic mass is 9.94. The van der Waals surface area contributed by atoms with Crippen molar-refractivity contribution in [1.82, 2.24) is 5.32 Å². The molecule has 15 atom stereocenters. The van der Waals surface area contributed by atoms with Gasteiger partial charge in [-0.15, -0.1) is 0 Å². The molecule has 0 aliphatic carbocycles. The van der Waals surface area contributed by atoms with Crippen molar-refractivity contribution < 1.29 is 174 Å². The third-order valence-corrected chi connectivity index (χ3v) is 18.0. The summed E-state index contributed by atoms with van der Waals surface area (Å²) >= 11 is 0. The second kappa shape index (κ2) is 49.4. The molecule has 1 amide bonds. The Balaban J connectivity index is 1.33. The molecule has 0 radical (unpaired) electrons. The third-order valence-electron chi connectivity index (χ3n) is 16.5. The Morgan fingerprint density at radius 1 is 0.337 bits per heavy atom. The summed E-state index contributed by atoms with van der Waals surface area (Å²) in [6, 6.07) is 0. The van der Waals surface area contributed by atoms with Crippen LogP contribution in [0, 0.1) is 5.41 Å². The van der Waals surface area contributed by atoms with E-state index < -0.39 is 141 Å². The molecule has 0 saturated carbocycles. The van der Waals surface area contributed by atoms with Gasteiger partial charge in [-0.1, -0.05) is 19.8 Å². The predicted octanol–water partition coefficient (Wildman–Crippen LogP) is -0.443. The average molecular weight is 1530 g/mol. The lowest BCUT2D eigenvalue weighted by Crippen LogP contribution is -2.59. The maximum absolute atomic E-state index is 12.8. The van der Waals surface area contributed by atoms with E-state index in [1.54, 1.807) is 0 Å². The maximum Gasteiger partial charge on any atom is 0.469 e. The first-order chi connectivity index (χ1) is 47.6. The molecule has 3 heterocycles. The molecule has 37 nitrogen and oxygen atoms in total. The Morgan fingerprint density at radius 3 is 0.881 bits per heavy atom. The fourth-order valence-corrected chi connectivity index (χ4v) is 11.6. The summed E-state index contributed by atoms with van der Waals surface area (Å²) in [5, 5.41) is 94.1. The number of phosphoric ester groups is 3. The number of ketones is 5. The van der Waals surface area contributed by atoms with Crippen LogP contribution in [0.3, 0.4) is 0 Å². The number of aliphatic hydroxyl groups excluding tert-OH is 9. The topological polar surface area (TPSA) is 580 Å². The van der Waals surface area contributed by atoms with Crippen molar-refractivity contribution in [1.29, 1.82) is 0 Å². The molecule has 3 fully saturated rings. The van der Waals surface area contributed by atoms with E-state index in [0.717, 1.165) is 0 Å². The molecule has 3 saturated heterocycles. The zero-order chi connectivity index (χ0) is 75.2. The van der Waals surface area contributed by atoms with Gasteiger partial charge in [-0.3, -0.25) is 42.3 Å². The minimum absolute atomic E-state index is 0.00261. The van der Waals surface area contributed by atoms with Crippen LogP contribution in [-0.2, 0) is 98.7 Å². The van der Waals surface area contributed by atoms with Crippen molar-refractivity contribution in [3.05, 3.63) is 0 Å². The van der Waals surface area contributed by atoms with Crippen LogP contribution in [0.15, 0.2) is 0 Å². The Labute approximate surface area is 586 Å². The molecule has 0 aromatic heterocycles. The van der Waals surface area contributed by atoms with E-state index in [9.17, 15) is 88.4 Å². The molecule has 590 valence electrons. The number of nitrogens with one attached hydrogen (secondary N) is 1. The maximum atomic E-state index is 12.8. The monoisotopic (exact) mass is 1530 g/mol. The van der Waals surface area contributed by atoms with Crippen molar-refractivity contribution in [2.75, 3.05) is 85.8 Å². The highest BCUT2D eigenvalue weighted by molar-refractivity contribution is 7.46. The normalized spacial score (nSPS) is 26.5. The van der Waals surface area contributed by atoms with Crippen LogP contribution in [0.5, 0.6) is 0 Å². The van der Waals surface area contributed by atoms with Crippen LogP contribution in [0.2, 0.25) is 0 Å². The number of rotatable bonds is 59. The Kier molecular flexibility index (Phi) is 45.3. The van der Waals surface area contributed by atoms with Crippen molar-refractivity contribution in [3.63, 3.8) is 0 Å². The summed E-state index contributed by atoms with van der Waals surface area (Å²) in [5.41, 5.74) is -0.757. The minimum atomic E-state index is -4.91. The lowest BCUT2D eigenvalue weighted by molar-refractivity contribution is -0.300. The van der Waals surface area contributed by atoms with Crippen LogP contribution >= 0.6 is 23.5 Å². The SMILES string of the molecule is CC(COCCC(=O)CCCCCC(=O)CCCCOC1OC(COP(=O)(O)O)C(O)C(O)C1O)(COCCC(=O)CCCCCC(=O)CCCCOC1OC(COP(=O)(O)O)C(O)C(O)C1O)COCCC(=O)CCCCNC(=O)CCCCOC1OC(COP(=O)(O)O)C(O)C(O)C1O. The number of Topliss-reactive ketones (excluding diaryl/α,β-unsaturated/α-hetero) is 5. The molecule has 0 aromatic rings. The highest BCUT2D eigenvalue weighted by atomic mass is 31.2. The van der Waals surface area contributed by atoms with Crippen molar-refractivity contribution in [2.45, 2.75) is 260 Å². The van der Waals surface area contributed by atoms with E-state index in [-0.39, 0.29) is 152 Å². The molecule has 3 rings (SSSR count). The summed E-state index contributed by atoms with van der Waals surface area (Å²) in [7, 11) is -14.7. The smallest absolute Gasteiger partial charge is 0.387 e. The fourth-order valence-electron chi connectivity index (χ4n) is 10.6. The predicted molar refractivity (Wildman–Crippen MR) is 346 cm³/mol. The summed E-state index contributed by atoms with van der Waals surface area (Å²) in [6.45, 7) is 0.462. The Hall–Kier alpha value is -2.57. The largest absolute Gasteiger partial charge is 0.469 e. The van der Waals surface area contributed by atoms with Gasteiger partial charge in [0.15, 0.2) is 18.9 Å². The van der Waals surface area contributed by atoms with Gasteiger partial charge in [-0.25, -0.2) is 13.7 Å². The van der Waals surface area contributed by atoms with Gasteiger partial charge in [0.2, 0.25) is 5.91 Å². The summed E-state index contributed by atoms with van der Waals surface area (Å²) < 4.78 is 96.5. The molecular weight excluding hydrogens is 1420 g/mol. The van der Waals surface area contributed by atoms with Crippen molar-refractivity contribution >= 4 is 58.3 Å². The van der Waals surface area contributed by atoms with Crippen LogP contribution in [0.4, 0.5) is 0 Å². The lowest BCUT2D eigenvalue weighted by Gasteiger charge is -2.40. The van der Waals surface area contributed by atoms with Crippen LogP contribution in [-0.4, -0.2) is 288 Å². The number of unbranched alkanes of at least 4 members (excludes halogenated alkanes) is 8. The second-order valence-electron chi connectivity index (χ2n) is 25.7. The van der Waals surface area contributed by atoms with E-state index in [1.807, 2.05) is 6.92 Å². The van der Waals surface area contributed by atoms with Gasteiger partial charge in [0, 0.05) is 102 Å². The fraction of sp³-hybridized carbons (Fsp3) is 0.902. The van der Waals surface area contributed by atoms with E-state index in [4.69, 9.17) is 72.0 Å². The van der Waals surface area contributed by atoms with Crippen molar-refractivity contribution in [2.24, 2.45) is 5.41 Å². The number of phosphoric acid groups is 3. The number of carbonyl (C=O) groups is 6. The van der Waals surface area contributed by atoms with Crippen molar-refractivity contribution in [3.8, 4) is 0 Å². The van der Waals surface area contributed by atoms with Gasteiger partial charge in [0.1, 0.15) is 102 Å². The average Bonchev–Trinajstić information content (AvgIpc) is 0.830. The molecule has 16 N–H and O–H groups in total. The zero-order valence-corrected chi connectivity index (χ0v) is 59.8.